The maximum Gasteiger partial charge on any atom is 0.354 e. The molecule has 0 atom stereocenters. The maximum atomic E-state index is 10.6. The molecule has 0 saturated carbocycles. The van der Waals surface area contributed by atoms with Crippen LogP contribution in [0.25, 0.3) is 21.8 Å². The number of hydrogen-bond donors (Lipinski definition) is 2. The van der Waals surface area contributed by atoms with Gasteiger partial charge in [0.25, 0.3) is 0 Å². The molecule has 3 aromatic carbocycles. The fraction of sp³-hybridized carbons (Fsp3) is 0. The molecular weight excluding hydrogens is 503 g/mol. The van der Waals surface area contributed by atoms with E-state index in [0.29, 0.717) is 11.0 Å². The molecule has 5 aromatic rings. The van der Waals surface area contributed by atoms with Crippen LogP contribution < -0.4 is 5.11 Å². The van der Waals surface area contributed by atoms with Crippen molar-refractivity contribution >= 4 is 39.7 Å². The minimum atomic E-state index is -1.13. The van der Waals surface area contributed by atoms with Gasteiger partial charge in [0.05, 0.1) is 17.0 Å². The van der Waals surface area contributed by atoms with E-state index >= 15 is 0 Å². The summed E-state index contributed by atoms with van der Waals surface area (Å²) < 4.78 is 0. The van der Waals surface area contributed by atoms with Crippen LogP contribution in [0.2, 0.25) is 0 Å². The number of benzene rings is 3. The monoisotopic (exact) mass is 522 g/mol. The molecule has 0 aliphatic heterocycles. The molecule has 2 N–H and O–H groups in total. The summed E-state index contributed by atoms with van der Waals surface area (Å²) in [6.45, 7) is 0. The number of carbonyl (C=O) groups is 3. The van der Waals surface area contributed by atoms with Gasteiger partial charge in [-0.1, -0.05) is 78.9 Å². The van der Waals surface area contributed by atoms with Crippen LogP contribution in [0.5, 0.6) is 0 Å². The zero-order valence-corrected chi connectivity index (χ0v) is 19.8. The summed E-state index contributed by atoms with van der Waals surface area (Å²) in [7, 11) is 0. The Morgan fingerprint density at radius 1 is 0.556 bits per heavy atom. The number of aromatic carboxylic acids is 3. The molecule has 181 valence electrons. The van der Waals surface area contributed by atoms with Crippen molar-refractivity contribution in [3.05, 3.63) is 120 Å². The first-order valence-corrected chi connectivity index (χ1v) is 10.3. The number of aromatic nitrogens is 2. The van der Waals surface area contributed by atoms with Crippen LogP contribution in [-0.2, 0) is 17.1 Å². The Morgan fingerprint density at radius 2 is 0.944 bits per heavy atom. The first-order chi connectivity index (χ1) is 16.8. The van der Waals surface area contributed by atoms with E-state index in [-0.39, 0.29) is 34.0 Å². The fourth-order valence-electron chi connectivity index (χ4n) is 2.94. The van der Waals surface area contributed by atoms with Gasteiger partial charge in [-0.25, -0.2) is 19.6 Å². The molecule has 1 radical (unpaired) electrons. The minimum Gasteiger partial charge on any atom is -0.545 e. The number of hydrogen-bond acceptors (Lipinski definition) is 6. The molecule has 0 unspecified atom stereocenters. The van der Waals surface area contributed by atoms with Crippen molar-refractivity contribution in [2.24, 2.45) is 0 Å². The van der Waals surface area contributed by atoms with Crippen LogP contribution in [-0.4, -0.2) is 38.1 Å². The Labute approximate surface area is 216 Å². The largest absolute Gasteiger partial charge is 0.545 e. The van der Waals surface area contributed by atoms with E-state index in [1.165, 1.54) is 24.3 Å². The summed E-state index contributed by atoms with van der Waals surface area (Å²) in [4.78, 5) is 39.2. The molecule has 0 aliphatic carbocycles. The topological polar surface area (TPSA) is 141 Å². The third kappa shape index (κ3) is 7.73. The molecule has 0 spiro atoms. The van der Waals surface area contributed by atoms with Crippen molar-refractivity contribution in [1.29, 1.82) is 0 Å². The summed E-state index contributed by atoms with van der Waals surface area (Å²) in [5.74, 6) is -3.12. The molecule has 0 fully saturated rings. The van der Waals surface area contributed by atoms with E-state index in [9.17, 15) is 19.5 Å². The molecule has 5 rings (SSSR count). The predicted octanol–water partition coefficient (Wildman–Crippen LogP) is 3.91. The van der Waals surface area contributed by atoms with Gasteiger partial charge < -0.3 is 20.1 Å². The Morgan fingerprint density at radius 3 is 1.31 bits per heavy atom. The van der Waals surface area contributed by atoms with Crippen LogP contribution in [0.15, 0.2) is 103 Å². The van der Waals surface area contributed by atoms with Gasteiger partial charge in [-0.05, 0) is 29.8 Å². The second-order valence-electron chi connectivity index (χ2n) is 7.04. The molecule has 36 heavy (non-hydrogen) atoms. The third-order valence-electron chi connectivity index (χ3n) is 4.64. The van der Waals surface area contributed by atoms with E-state index in [1.54, 1.807) is 42.5 Å². The molecule has 2 heterocycles. The minimum absolute atomic E-state index is 0. The number of carboxylic acids is 3. The van der Waals surface area contributed by atoms with Crippen LogP contribution >= 0.6 is 0 Å². The number of carboxylic acid groups (broad SMARTS) is 3. The van der Waals surface area contributed by atoms with Crippen LogP contribution in [0.3, 0.4) is 0 Å². The average molecular weight is 522 g/mol. The molecule has 0 aliphatic rings. The number of para-hydroxylation sites is 2. The smallest absolute Gasteiger partial charge is 0.354 e. The van der Waals surface area contributed by atoms with Crippen molar-refractivity contribution in [3.8, 4) is 0 Å². The van der Waals surface area contributed by atoms with Gasteiger partial charge in [-0.3, -0.25) is 0 Å². The zero-order valence-electron chi connectivity index (χ0n) is 18.6. The fourth-order valence-corrected chi connectivity index (χ4v) is 2.94. The number of carbonyl (C=O) groups excluding carboxylic acids is 1. The second kappa shape index (κ2) is 13.3. The number of fused-ring (bicyclic) bond motifs is 2. The standard InChI is InChI=1S/2C10H7NO2.C7H6O2.Mn/c2*12-10(13)9-6-5-7-3-1-2-4-8(7)11-9;8-7(9)6-4-2-1-3-5-6;/h2*1-6H,(H,12,13);1-5H,(H,8,9);/p-1. The van der Waals surface area contributed by atoms with Crippen molar-refractivity contribution in [2.75, 3.05) is 0 Å². The van der Waals surface area contributed by atoms with Gasteiger partial charge in [0.15, 0.2) is 0 Å². The van der Waals surface area contributed by atoms with Crippen LogP contribution in [0.1, 0.15) is 31.3 Å². The first-order valence-electron chi connectivity index (χ1n) is 10.3. The first kappa shape index (κ1) is 27.7. The van der Waals surface area contributed by atoms with E-state index in [4.69, 9.17) is 10.2 Å². The molecule has 0 bridgehead atoms. The van der Waals surface area contributed by atoms with Crippen molar-refractivity contribution in [1.82, 2.24) is 9.97 Å². The van der Waals surface area contributed by atoms with Crippen molar-refractivity contribution in [2.45, 2.75) is 0 Å². The Kier molecular flexibility index (Phi) is 10.2. The predicted molar refractivity (Wildman–Crippen MR) is 128 cm³/mol. The van der Waals surface area contributed by atoms with E-state index in [2.05, 4.69) is 9.97 Å². The summed E-state index contributed by atoms with van der Waals surface area (Å²) >= 11 is 0. The number of pyridine rings is 2. The van der Waals surface area contributed by atoms with E-state index in [0.717, 1.165) is 10.8 Å². The average Bonchev–Trinajstić information content (AvgIpc) is 2.89. The SMILES string of the molecule is O=C(O)c1ccc2ccccc2n1.O=C(O)c1ccc2ccccc2n1.O=C([O-])c1ccccc1.[Mn]. The van der Waals surface area contributed by atoms with Crippen LogP contribution in [0.4, 0.5) is 0 Å². The quantitative estimate of drug-likeness (QED) is 0.340. The summed E-state index contributed by atoms with van der Waals surface area (Å²) in [5.41, 5.74) is 1.81. The van der Waals surface area contributed by atoms with Gasteiger partial charge in [0.1, 0.15) is 11.4 Å². The van der Waals surface area contributed by atoms with Crippen LogP contribution in [0, 0.1) is 0 Å². The molecule has 0 saturated heterocycles. The number of nitrogens with zero attached hydrogens (tertiary/aromatic N) is 2. The third-order valence-corrected chi connectivity index (χ3v) is 4.64. The molecule has 0 amide bonds. The van der Waals surface area contributed by atoms with E-state index < -0.39 is 17.9 Å². The van der Waals surface area contributed by atoms with E-state index in [1.807, 2.05) is 36.4 Å². The maximum absolute atomic E-state index is 10.6. The van der Waals surface area contributed by atoms with Gasteiger partial charge in [-0.2, -0.15) is 0 Å². The van der Waals surface area contributed by atoms with Gasteiger partial charge >= 0.3 is 11.9 Å². The Balaban J connectivity index is 0.000000191. The molecule has 9 heteroatoms. The molecule has 2 aromatic heterocycles. The Bertz CT molecular complexity index is 1400. The molecule has 8 nitrogen and oxygen atoms in total. The van der Waals surface area contributed by atoms with Crippen molar-refractivity contribution in [3.63, 3.8) is 0 Å². The Hall–Kier alpha value is -4.59. The summed E-state index contributed by atoms with van der Waals surface area (Å²) in [5, 5.41) is 29.4. The number of rotatable bonds is 3. The normalized spacial score (nSPS) is 9.56. The van der Waals surface area contributed by atoms with Crippen molar-refractivity contribution < 1.29 is 46.8 Å². The summed E-state index contributed by atoms with van der Waals surface area (Å²) in [6.07, 6.45) is 0. The van der Waals surface area contributed by atoms with Gasteiger partial charge in [-0.15, -0.1) is 0 Å². The van der Waals surface area contributed by atoms with Gasteiger partial charge in [0, 0.05) is 27.8 Å². The van der Waals surface area contributed by atoms with Gasteiger partial charge in [0.2, 0.25) is 0 Å². The zero-order chi connectivity index (χ0) is 25.2. The molecular formula is C27H19MnN2O6-. The summed E-state index contributed by atoms with van der Waals surface area (Å²) in [6, 6.07) is 29.4. The second-order valence-corrected chi connectivity index (χ2v) is 7.04.